The summed E-state index contributed by atoms with van der Waals surface area (Å²) >= 11 is 6.11. The molecule has 154 valence electrons. The van der Waals surface area contributed by atoms with Crippen LogP contribution in [-0.4, -0.2) is 18.9 Å². The Morgan fingerprint density at radius 1 is 0.933 bits per heavy atom. The second-order valence-electron chi connectivity index (χ2n) is 7.67. The van der Waals surface area contributed by atoms with Crippen LogP contribution in [0.3, 0.4) is 0 Å². The summed E-state index contributed by atoms with van der Waals surface area (Å²) < 4.78 is 5.34. The Bertz CT molecular complexity index is 1010. The highest BCUT2D eigenvalue weighted by Crippen LogP contribution is 2.38. The van der Waals surface area contributed by atoms with E-state index in [1.54, 1.807) is 7.11 Å². The molecule has 0 aliphatic carbocycles. The fourth-order valence-electron chi connectivity index (χ4n) is 4.08. The van der Waals surface area contributed by atoms with Crippen LogP contribution in [0.4, 0.5) is 5.69 Å². The molecule has 0 N–H and O–H groups in total. The van der Waals surface area contributed by atoms with E-state index in [4.69, 9.17) is 21.3 Å². The van der Waals surface area contributed by atoms with Crippen molar-refractivity contribution in [1.29, 1.82) is 0 Å². The highest BCUT2D eigenvalue weighted by Gasteiger charge is 2.35. The van der Waals surface area contributed by atoms with Crippen LogP contribution in [0.15, 0.2) is 77.8 Å². The van der Waals surface area contributed by atoms with Crippen molar-refractivity contribution in [3.05, 3.63) is 94.5 Å². The maximum absolute atomic E-state index is 6.11. The minimum atomic E-state index is -0.0893. The molecule has 0 saturated carbocycles. The molecule has 3 nitrogen and oxygen atoms in total. The van der Waals surface area contributed by atoms with E-state index < -0.39 is 0 Å². The van der Waals surface area contributed by atoms with Crippen LogP contribution in [0.2, 0.25) is 5.02 Å². The molecule has 1 aliphatic rings. The number of hydrogen-bond donors (Lipinski definition) is 0. The molecule has 0 fully saturated rings. The van der Waals surface area contributed by atoms with Gasteiger partial charge in [-0.15, -0.1) is 0 Å². The Balaban J connectivity index is 1.74. The normalized spacial score (nSPS) is 18.4. The average molecular weight is 419 g/mol. The van der Waals surface area contributed by atoms with Gasteiger partial charge in [-0.1, -0.05) is 61.3 Å². The molecule has 4 heteroatoms. The van der Waals surface area contributed by atoms with E-state index in [9.17, 15) is 0 Å². The zero-order valence-corrected chi connectivity index (χ0v) is 18.4. The molecule has 0 bridgehead atoms. The molecule has 1 aliphatic heterocycles. The van der Waals surface area contributed by atoms with Gasteiger partial charge < -0.3 is 9.64 Å². The first-order chi connectivity index (χ1) is 14.6. The van der Waals surface area contributed by atoms with Gasteiger partial charge in [-0.2, -0.15) is 0 Å². The fourth-order valence-corrected chi connectivity index (χ4v) is 4.21. The van der Waals surface area contributed by atoms with Crippen LogP contribution < -0.4 is 9.64 Å². The van der Waals surface area contributed by atoms with Crippen molar-refractivity contribution in [3.8, 4) is 5.75 Å². The summed E-state index contributed by atoms with van der Waals surface area (Å²) in [6.07, 6.45) is 2.16. The van der Waals surface area contributed by atoms with Crippen LogP contribution >= 0.6 is 11.6 Å². The van der Waals surface area contributed by atoms with Crippen molar-refractivity contribution in [1.82, 2.24) is 0 Å². The summed E-state index contributed by atoms with van der Waals surface area (Å²) in [6.45, 7) is 4.43. The van der Waals surface area contributed by atoms with Crippen molar-refractivity contribution in [3.63, 3.8) is 0 Å². The van der Waals surface area contributed by atoms with Gasteiger partial charge in [0.1, 0.15) is 11.9 Å². The molecule has 0 spiro atoms. The van der Waals surface area contributed by atoms with Crippen molar-refractivity contribution in [2.24, 2.45) is 4.99 Å². The number of aliphatic imine (C=N–C) groups is 1. The van der Waals surface area contributed by atoms with Gasteiger partial charge in [0, 0.05) is 10.7 Å². The van der Waals surface area contributed by atoms with Crippen LogP contribution in [0.25, 0.3) is 0 Å². The number of rotatable bonds is 6. The van der Waals surface area contributed by atoms with Gasteiger partial charge >= 0.3 is 0 Å². The van der Waals surface area contributed by atoms with Crippen LogP contribution in [0, 0.1) is 0 Å². The Hall–Kier alpha value is -2.78. The number of ether oxygens (including phenoxy) is 1. The number of halogens is 1. The number of nitrogens with zero attached hydrogens (tertiary/aromatic N) is 2. The van der Waals surface area contributed by atoms with Gasteiger partial charge in [-0.25, -0.2) is 0 Å². The summed E-state index contributed by atoms with van der Waals surface area (Å²) in [4.78, 5) is 7.56. The number of methoxy groups -OCH3 is 1. The molecule has 30 heavy (non-hydrogen) atoms. The molecule has 3 aromatic rings. The van der Waals surface area contributed by atoms with E-state index in [0.717, 1.165) is 40.5 Å². The Kier molecular flexibility index (Phi) is 6.10. The lowest BCUT2D eigenvalue weighted by Crippen LogP contribution is -2.35. The van der Waals surface area contributed by atoms with E-state index in [0.29, 0.717) is 0 Å². The number of anilines is 1. The SMILES string of the molecule is CCCc1ccc(N2C(C)C(c3ccc(Cl)cc3)=NC2c2ccc(OC)cc2)cc1. The lowest BCUT2D eigenvalue weighted by atomic mass is 10.0. The third-order valence-corrected chi connectivity index (χ3v) is 5.92. The minimum absolute atomic E-state index is 0.0893. The number of benzene rings is 3. The Labute approximate surface area is 184 Å². The van der Waals surface area contributed by atoms with E-state index in [1.807, 2.05) is 24.3 Å². The largest absolute Gasteiger partial charge is 0.497 e. The average Bonchev–Trinajstić information content (AvgIpc) is 3.12. The highest BCUT2D eigenvalue weighted by molar-refractivity contribution is 6.30. The van der Waals surface area contributed by atoms with Gasteiger partial charge in [0.05, 0.1) is 18.9 Å². The van der Waals surface area contributed by atoms with E-state index in [2.05, 4.69) is 67.3 Å². The zero-order valence-electron chi connectivity index (χ0n) is 17.7. The zero-order chi connectivity index (χ0) is 21.1. The highest BCUT2D eigenvalue weighted by atomic mass is 35.5. The topological polar surface area (TPSA) is 24.8 Å². The van der Waals surface area contributed by atoms with Crippen LogP contribution in [-0.2, 0) is 6.42 Å². The summed E-state index contributed by atoms with van der Waals surface area (Å²) in [5, 5.41) is 0.736. The summed E-state index contributed by atoms with van der Waals surface area (Å²) in [5.41, 5.74) is 5.87. The van der Waals surface area contributed by atoms with Crippen molar-refractivity contribution >= 4 is 23.0 Å². The molecule has 0 saturated heterocycles. The molecule has 2 atom stereocenters. The van der Waals surface area contributed by atoms with Crippen LogP contribution in [0.1, 0.15) is 43.1 Å². The molecular weight excluding hydrogens is 392 g/mol. The first kappa shape index (κ1) is 20.5. The van der Waals surface area contributed by atoms with Gasteiger partial charge in [-0.3, -0.25) is 4.99 Å². The molecule has 3 aromatic carbocycles. The maximum atomic E-state index is 6.11. The molecule has 2 unspecified atom stereocenters. The standard InChI is InChI=1S/C26H27ClN2O/c1-4-5-19-6-14-23(15-7-19)29-18(2)25(20-8-12-22(27)13-9-20)28-26(29)21-10-16-24(30-3)17-11-21/h6-18,26H,4-5H2,1-3H3. The summed E-state index contributed by atoms with van der Waals surface area (Å²) in [7, 11) is 1.69. The van der Waals surface area contributed by atoms with E-state index >= 15 is 0 Å². The van der Waals surface area contributed by atoms with Gasteiger partial charge in [-0.05, 0) is 66.4 Å². The predicted octanol–water partition coefficient (Wildman–Crippen LogP) is 6.70. The second-order valence-corrected chi connectivity index (χ2v) is 8.10. The number of aryl methyl sites for hydroxylation is 1. The molecular formula is C26H27ClN2O. The maximum Gasteiger partial charge on any atom is 0.148 e. The molecule has 1 heterocycles. The van der Waals surface area contributed by atoms with E-state index in [-0.39, 0.29) is 12.2 Å². The lowest BCUT2D eigenvalue weighted by Gasteiger charge is -2.30. The smallest absolute Gasteiger partial charge is 0.148 e. The van der Waals surface area contributed by atoms with Crippen LogP contribution in [0.5, 0.6) is 5.75 Å². The summed E-state index contributed by atoms with van der Waals surface area (Å²) in [5.74, 6) is 0.849. The first-order valence-corrected chi connectivity index (χ1v) is 10.8. The Morgan fingerprint density at radius 3 is 2.20 bits per heavy atom. The quantitative estimate of drug-likeness (QED) is 0.445. The van der Waals surface area contributed by atoms with Gasteiger partial charge in [0.2, 0.25) is 0 Å². The molecule has 0 radical (unpaired) electrons. The third-order valence-electron chi connectivity index (χ3n) is 5.66. The lowest BCUT2D eigenvalue weighted by molar-refractivity contribution is 0.414. The third kappa shape index (κ3) is 4.08. The first-order valence-electron chi connectivity index (χ1n) is 10.5. The van der Waals surface area contributed by atoms with Crippen molar-refractivity contribution in [2.75, 3.05) is 12.0 Å². The molecule has 0 aromatic heterocycles. The minimum Gasteiger partial charge on any atom is -0.497 e. The fraction of sp³-hybridized carbons (Fsp3) is 0.269. The van der Waals surface area contributed by atoms with Gasteiger partial charge in [0.15, 0.2) is 0 Å². The second kappa shape index (κ2) is 8.93. The van der Waals surface area contributed by atoms with Crippen molar-refractivity contribution in [2.45, 2.75) is 38.9 Å². The Morgan fingerprint density at radius 2 is 1.60 bits per heavy atom. The monoisotopic (exact) mass is 418 g/mol. The molecule has 0 amide bonds. The molecule has 4 rings (SSSR count). The summed E-state index contributed by atoms with van der Waals surface area (Å²) in [6, 6.07) is 25.2. The van der Waals surface area contributed by atoms with Crippen molar-refractivity contribution < 1.29 is 4.74 Å². The van der Waals surface area contributed by atoms with Gasteiger partial charge in [0.25, 0.3) is 0 Å². The van der Waals surface area contributed by atoms with E-state index in [1.165, 1.54) is 11.3 Å². The number of hydrogen-bond acceptors (Lipinski definition) is 3. The predicted molar refractivity (Wildman–Crippen MR) is 126 cm³/mol.